The highest BCUT2D eigenvalue weighted by atomic mass is 79.9. The van der Waals surface area contributed by atoms with Gasteiger partial charge in [-0.1, -0.05) is 45.4 Å². The molecule has 27 heavy (non-hydrogen) atoms. The van der Waals surface area contributed by atoms with Crippen LogP contribution in [0, 0.1) is 0 Å². The molecule has 0 spiro atoms. The van der Waals surface area contributed by atoms with Crippen LogP contribution in [-0.2, 0) is 13.0 Å². The van der Waals surface area contributed by atoms with Crippen LogP contribution in [0.5, 0.6) is 0 Å². The maximum absolute atomic E-state index is 5.28. The van der Waals surface area contributed by atoms with E-state index in [2.05, 4.69) is 52.3 Å². The van der Waals surface area contributed by atoms with Gasteiger partial charge in [0.05, 0.1) is 0 Å². The first kappa shape index (κ1) is 19.0. The van der Waals surface area contributed by atoms with Gasteiger partial charge in [-0.2, -0.15) is 4.98 Å². The summed E-state index contributed by atoms with van der Waals surface area (Å²) >= 11 is 3.58. The molecule has 0 atom stereocenters. The van der Waals surface area contributed by atoms with E-state index in [1.807, 2.05) is 43.4 Å². The van der Waals surface area contributed by atoms with E-state index in [-0.39, 0.29) is 0 Å². The van der Waals surface area contributed by atoms with Gasteiger partial charge in [0, 0.05) is 44.3 Å². The van der Waals surface area contributed by atoms with Gasteiger partial charge in [-0.3, -0.25) is 9.98 Å². The monoisotopic (exact) mass is 428 g/mol. The van der Waals surface area contributed by atoms with E-state index < -0.39 is 0 Å². The fourth-order valence-electron chi connectivity index (χ4n) is 2.58. The molecule has 1 N–H and O–H groups in total. The number of aromatic nitrogens is 3. The number of nitrogens with zero attached hydrogens (tertiary/aromatic N) is 5. The molecule has 3 aromatic rings. The minimum Gasteiger partial charge on any atom is -0.356 e. The summed E-state index contributed by atoms with van der Waals surface area (Å²) in [5, 5.41) is 7.34. The third-order valence-electron chi connectivity index (χ3n) is 3.92. The summed E-state index contributed by atoms with van der Waals surface area (Å²) < 4.78 is 6.36. The third-order valence-corrected chi connectivity index (χ3v) is 4.70. The second-order valence-corrected chi connectivity index (χ2v) is 6.76. The van der Waals surface area contributed by atoms with E-state index in [1.165, 1.54) is 5.56 Å². The third kappa shape index (κ3) is 5.13. The summed E-state index contributed by atoms with van der Waals surface area (Å²) in [6, 6.07) is 13.7. The lowest BCUT2D eigenvalue weighted by Crippen LogP contribution is -2.39. The fraction of sp³-hybridized carbons (Fsp3) is 0.263. The number of hydrogen-bond acceptors (Lipinski definition) is 5. The van der Waals surface area contributed by atoms with Gasteiger partial charge in [-0.25, -0.2) is 0 Å². The lowest BCUT2D eigenvalue weighted by atomic mass is 10.2. The van der Waals surface area contributed by atoms with Gasteiger partial charge >= 0.3 is 0 Å². The van der Waals surface area contributed by atoms with E-state index in [0.29, 0.717) is 30.4 Å². The summed E-state index contributed by atoms with van der Waals surface area (Å²) in [6.07, 6.45) is 2.32. The second kappa shape index (κ2) is 9.27. The average molecular weight is 429 g/mol. The summed E-state index contributed by atoms with van der Waals surface area (Å²) in [4.78, 5) is 15.0. The van der Waals surface area contributed by atoms with Crippen LogP contribution in [0.1, 0.15) is 11.4 Å². The molecule has 0 amide bonds. The average Bonchev–Trinajstić information content (AvgIpc) is 3.16. The zero-order valence-electron chi connectivity index (χ0n) is 15.3. The maximum atomic E-state index is 5.28. The minimum atomic E-state index is 0.432. The van der Waals surface area contributed by atoms with Crippen molar-refractivity contribution in [2.24, 2.45) is 4.99 Å². The highest BCUT2D eigenvalue weighted by Crippen LogP contribution is 2.17. The van der Waals surface area contributed by atoms with Crippen LogP contribution in [0.4, 0.5) is 0 Å². The molecule has 0 radical (unpaired) electrons. The van der Waals surface area contributed by atoms with E-state index >= 15 is 0 Å². The molecular formula is C19H21BrN6O. The van der Waals surface area contributed by atoms with Crippen molar-refractivity contribution in [2.45, 2.75) is 13.0 Å². The highest BCUT2D eigenvalue weighted by molar-refractivity contribution is 9.10. The highest BCUT2D eigenvalue weighted by Gasteiger charge is 2.11. The molecule has 0 saturated carbocycles. The van der Waals surface area contributed by atoms with Crippen molar-refractivity contribution in [3.8, 4) is 11.6 Å². The zero-order chi connectivity index (χ0) is 19.1. The molecule has 7 nitrogen and oxygen atoms in total. The summed E-state index contributed by atoms with van der Waals surface area (Å²) in [5.41, 5.74) is 1.87. The number of halogens is 1. The van der Waals surface area contributed by atoms with Crippen LogP contribution in [0.15, 0.2) is 62.6 Å². The topological polar surface area (TPSA) is 79.4 Å². The normalized spacial score (nSPS) is 11.4. The van der Waals surface area contributed by atoms with Gasteiger partial charge in [0.15, 0.2) is 11.8 Å². The lowest BCUT2D eigenvalue weighted by molar-refractivity contribution is 0.420. The molecule has 0 unspecified atom stereocenters. The van der Waals surface area contributed by atoms with Crippen molar-refractivity contribution in [1.29, 1.82) is 0 Å². The first-order valence-electron chi connectivity index (χ1n) is 8.56. The number of pyridine rings is 1. The standard InChI is InChI=1S/C19H21BrN6O/c1-21-19(26(2)13-14-7-3-4-8-15(14)20)23-12-10-17-24-18(27-25-17)16-9-5-6-11-22-16/h3-9,11H,10,12-13H2,1-2H3,(H,21,23). The predicted molar refractivity (Wildman–Crippen MR) is 108 cm³/mol. The largest absolute Gasteiger partial charge is 0.356 e. The van der Waals surface area contributed by atoms with Crippen molar-refractivity contribution in [3.63, 3.8) is 0 Å². The molecule has 140 valence electrons. The van der Waals surface area contributed by atoms with Crippen molar-refractivity contribution in [1.82, 2.24) is 25.3 Å². The van der Waals surface area contributed by atoms with Crippen molar-refractivity contribution < 1.29 is 4.52 Å². The van der Waals surface area contributed by atoms with Gasteiger partial charge < -0.3 is 14.7 Å². The van der Waals surface area contributed by atoms with Gasteiger partial charge in [0.1, 0.15) is 5.69 Å². The van der Waals surface area contributed by atoms with Gasteiger partial charge in [-0.15, -0.1) is 0 Å². The Bertz CT molecular complexity index is 896. The van der Waals surface area contributed by atoms with E-state index in [9.17, 15) is 0 Å². The number of nitrogens with one attached hydrogen (secondary N) is 1. The second-order valence-electron chi connectivity index (χ2n) is 5.90. The first-order chi connectivity index (χ1) is 13.2. The summed E-state index contributed by atoms with van der Waals surface area (Å²) in [7, 11) is 3.77. The van der Waals surface area contributed by atoms with Crippen molar-refractivity contribution >= 4 is 21.9 Å². The van der Waals surface area contributed by atoms with E-state index in [0.717, 1.165) is 17.0 Å². The van der Waals surface area contributed by atoms with Crippen molar-refractivity contribution in [2.75, 3.05) is 20.6 Å². The maximum Gasteiger partial charge on any atom is 0.276 e. The molecule has 0 aliphatic rings. The molecule has 0 aliphatic heterocycles. The zero-order valence-corrected chi connectivity index (χ0v) is 16.8. The van der Waals surface area contributed by atoms with Crippen LogP contribution < -0.4 is 5.32 Å². The number of aliphatic imine (C=N–C) groups is 1. The van der Waals surface area contributed by atoms with E-state index in [1.54, 1.807) is 13.2 Å². The number of rotatable bonds is 6. The fourth-order valence-corrected chi connectivity index (χ4v) is 2.99. The SMILES string of the molecule is CN=C(NCCc1noc(-c2ccccn2)n1)N(C)Cc1ccccc1Br. The summed E-state index contributed by atoms with van der Waals surface area (Å²) in [5.74, 6) is 1.87. The Kier molecular flexibility index (Phi) is 6.54. The minimum absolute atomic E-state index is 0.432. The van der Waals surface area contributed by atoms with Crippen LogP contribution in [-0.4, -0.2) is 46.6 Å². The number of benzene rings is 1. The lowest BCUT2D eigenvalue weighted by Gasteiger charge is -2.22. The molecule has 3 rings (SSSR count). The van der Waals surface area contributed by atoms with Gasteiger partial charge in [0.2, 0.25) is 0 Å². The Hall–Kier alpha value is -2.74. The number of hydrogen-bond donors (Lipinski definition) is 1. The van der Waals surface area contributed by atoms with Gasteiger partial charge in [-0.05, 0) is 23.8 Å². The Morgan fingerprint density at radius 1 is 1.22 bits per heavy atom. The van der Waals surface area contributed by atoms with Crippen LogP contribution >= 0.6 is 15.9 Å². The van der Waals surface area contributed by atoms with Crippen LogP contribution in [0.25, 0.3) is 11.6 Å². The van der Waals surface area contributed by atoms with Crippen molar-refractivity contribution in [3.05, 3.63) is 64.5 Å². The first-order valence-corrected chi connectivity index (χ1v) is 9.36. The molecule has 0 bridgehead atoms. The van der Waals surface area contributed by atoms with Gasteiger partial charge in [0.25, 0.3) is 5.89 Å². The molecule has 0 fully saturated rings. The molecule has 2 aromatic heterocycles. The smallest absolute Gasteiger partial charge is 0.276 e. The molecular weight excluding hydrogens is 408 g/mol. The molecule has 8 heteroatoms. The Labute approximate surface area is 166 Å². The number of guanidine groups is 1. The van der Waals surface area contributed by atoms with E-state index in [4.69, 9.17) is 4.52 Å². The molecule has 0 saturated heterocycles. The van der Waals surface area contributed by atoms with Crippen LogP contribution in [0.2, 0.25) is 0 Å². The molecule has 1 aromatic carbocycles. The Balaban J connectivity index is 1.53. The molecule has 2 heterocycles. The quantitative estimate of drug-likeness (QED) is 0.479. The summed E-state index contributed by atoms with van der Waals surface area (Å²) in [6.45, 7) is 1.39. The Morgan fingerprint density at radius 3 is 2.78 bits per heavy atom. The van der Waals surface area contributed by atoms with Crippen LogP contribution in [0.3, 0.4) is 0 Å². The molecule has 0 aliphatic carbocycles. The predicted octanol–water partition coefficient (Wildman–Crippen LogP) is 3.14. The Morgan fingerprint density at radius 2 is 2.04 bits per heavy atom.